The molecule has 88 valence electrons. The van der Waals surface area contributed by atoms with Gasteiger partial charge in [-0.15, -0.1) is 11.6 Å². The minimum atomic E-state index is -0.551. The number of benzene rings is 1. The molecule has 1 aromatic carbocycles. The first-order chi connectivity index (χ1) is 8.11. The molecule has 0 amide bonds. The number of phenols is 1. The first-order valence-corrected chi connectivity index (χ1v) is 5.58. The molecule has 0 atom stereocenters. The van der Waals surface area contributed by atoms with Gasteiger partial charge < -0.3 is 9.94 Å². The Morgan fingerprint density at radius 2 is 2.24 bits per heavy atom. The molecule has 0 aliphatic carbocycles. The molecule has 1 aliphatic heterocycles. The third-order valence-electron chi connectivity index (χ3n) is 2.18. The van der Waals surface area contributed by atoms with E-state index in [1.54, 1.807) is 12.1 Å². The molecule has 1 heterocycles. The molecule has 2 rings (SSSR count). The van der Waals surface area contributed by atoms with Crippen LogP contribution in [0.2, 0.25) is 5.02 Å². The van der Waals surface area contributed by atoms with Gasteiger partial charge >= 0.3 is 5.97 Å². The van der Waals surface area contributed by atoms with E-state index in [2.05, 4.69) is 9.99 Å². The van der Waals surface area contributed by atoms with Gasteiger partial charge in [0.1, 0.15) is 11.5 Å². The molecule has 0 aromatic heterocycles. The minimum Gasteiger partial charge on any atom is -0.506 e. The van der Waals surface area contributed by atoms with Crippen molar-refractivity contribution in [2.75, 3.05) is 5.88 Å². The van der Waals surface area contributed by atoms with Gasteiger partial charge in [-0.2, -0.15) is 0 Å². The molecule has 1 N–H and O–H groups in total. The van der Waals surface area contributed by atoms with Crippen LogP contribution in [0.4, 0.5) is 0 Å². The zero-order valence-corrected chi connectivity index (χ0v) is 10.00. The third-order valence-corrected chi connectivity index (χ3v) is 2.73. The Morgan fingerprint density at radius 3 is 2.88 bits per heavy atom. The SMILES string of the molecule is O=C1ON=C(CCl)C1=Cc1ccc(O)c(Cl)c1. The minimum absolute atomic E-state index is 0.0194. The number of phenolic OH excluding ortho intramolecular Hbond substituents is 1. The number of rotatable bonds is 2. The second-order valence-corrected chi connectivity index (χ2v) is 3.99. The highest BCUT2D eigenvalue weighted by molar-refractivity contribution is 6.38. The normalized spacial score (nSPS) is 17.2. The van der Waals surface area contributed by atoms with Gasteiger partial charge in [-0.25, -0.2) is 4.79 Å². The average molecular weight is 272 g/mol. The fourth-order valence-electron chi connectivity index (χ4n) is 1.33. The summed E-state index contributed by atoms with van der Waals surface area (Å²) in [5.74, 6) is -0.484. The van der Waals surface area contributed by atoms with Crippen molar-refractivity contribution >= 4 is 41.0 Å². The second kappa shape index (κ2) is 4.77. The van der Waals surface area contributed by atoms with Crippen molar-refractivity contribution < 1.29 is 14.7 Å². The van der Waals surface area contributed by atoms with Crippen molar-refractivity contribution in [3.05, 3.63) is 34.4 Å². The predicted octanol–water partition coefficient (Wildman–Crippen LogP) is 2.58. The number of carbonyl (C=O) groups excluding carboxylic acids is 1. The molecule has 0 saturated heterocycles. The summed E-state index contributed by atoms with van der Waals surface area (Å²) in [6.45, 7) is 0. The Hall–Kier alpha value is -1.52. The highest BCUT2D eigenvalue weighted by Gasteiger charge is 2.24. The zero-order chi connectivity index (χ0) is 12.4. The highest BCUT2D eigenvalue weighted by atomic mass is 35.5. The lowest BCUT2D eigenvalue weighted by atomic mass is 10.1. The molecule has 17 heavy (non-hydrogen) atoms. The quantitative estimate of drug-likeness (QED) is 0.511. The van der Waals surface area contributed by atoms with E-state index in [9.17, 15) is 9.90 Å². The number of hydrogen-bond acceptors (Lipinski definition) is 4. The van der Waals surface area contributed by atoms with Crippen molar-refractivity contribution in [2.45, 2.75) is 0 Å². The maximum absolute atomic E-state index is 11.4. The maximum atomic E-state index is 11.4. The van der Waals surface area contributed by atoms with Crippen molar-refractivity contribution in [3.8, 4) is 5.75 Å². The average Bonchev–Trinajstić information content (AvgIpc) is 2.65. The van der Waals surface area contributed by atoms with Crippen molar-refractivity contribution in [1.29, 1.82) is 0 Å². The number of nitrogens with zero attached hydrogens (tertiary/aromatic N) is 1. The van der Waals surface area contributed by atoms with E-state index in [1.807, 2.05) is 0 Å². The van der Waals surface area contributed by atoms with Gasteiger partial charge in [-0.1, -0.05) is 22.8 Å². The summed E-state index contributed by atoms with van der Waals surface area (Å²) in [6, 6.07) is 4.58. The Kier molecular flexibility index (Phi) is 3.36. The third kappa shape index (κ3) is 2.43. The first-order valence-electron chi connectivity index (χ1n) is 4.66. The van der Waals surface area contributed by atoms with E-state index in [-0.39, 0.29) is 16.7 Å². The van der Waals surface area contributed by atoms with Crippen LogP contribution >= 0.6 is 23.2 Å². The van der Waals surface area contributed by atoms with Crippen LogP contribution in [0.5, 0.6) is 5.75 Å². The molecule has 0 saturated carbocycles. The number of aromatic hydroxyl groups is 1. The summed E-state index contributed by atoms with van der Waals surface area (Å²) in [7, 11) is 0. The molecular formula is C11H7Cl2NO3. The lowest BCUT2D eigenvalue weighted by molar-refractivity contribution is -0.136. The fourth-order valence-corrected chi connectivity index (χ4v) is 1.71. The Morgan fingerprint density at radius 1 is 1.47 bits per heavy atom. The van der Waals surface area contributed by atoms with Gasteiger partial charge in [0, 0.05) is 0 Å². The van der Waals surface area contributed by atoms with Gasteiger partial charge in [0.2, 0.25) is 0 Å². The molecule has 1 aliphatic rings. The van der Waals surface area contributed by atoms with Gasteiger partial charge in [-0.3, -0.25) is 0 Å². The van der Waals surface area contributed by atoms with E-state index >= 15 is 0 Å². The highest BCUT2D eigenvalue weighted by Crippen LogP contribution is 2.25. The molecule has 0 fully saturated rings. The van der Waals surface area contributed by atoms with Crippen LogP contribution in [0.3, 0.4) is 0 Å². The first kappa shape index (κ1) is 12.0. The van der Waals surface area contributed by atoms with E-state index in [0.29, 0.717) is 16.8 Å². The van der Waals surface area contributed by atoms with Gasteiger partial charge in [0.25, 0.3) is 0 Å². The summed E-state index contributed by atoms with van der Waals surface area (Å²) < 4.78 is 0. The molecule has 6 heteroatoms. The summed E-state index contributed by atoms with van der Waals surface area (Å²) in [6.07, 6.45) is 1.56. The molecule has 0 unspecified atom stereocenters. The Bertz CT molecular complexity index is 538. The van der Waals surface area contributed by atoms with Crippen LogP contribution in [-0.2, 0) is 9.63 Å². The van der Waals surface area contributed by atoms with Crippen LogP contribution in [0.15, 0.2) is 28.9 Å². The van der Waals surface area contributed by atoms with Crippen LogP contribution in [0.1, 0.15) is 5.56 Å². The molecule has 0 spiro atoms. The monoisotopic (exact) mass is 271 g/mol. The van der Waals surface area contributed by atoms with Crippen molar-refractivity contribution in [2.24, 2.45) is 5.16 Å². The molecule has 0 bridgehead atoms. The van der Waals surface area contributed by atoms with Crippen LogP contribution < -0.4 is 0 Å². The van der Waals surface area contributed by atoms with E-state index < -0.39 is 5.97 Å². The molecule has 4 nitrogen and oxygen atoms in total. The summed E-state index contributed by atoms with van der Waals surface area (Å²) in [5.41, 5.74) is 1.32. The van der Waals surface area contributed by atoms with Crippen LogP contribution in [-0.4, -0.2) is 22.7 Å². The number of alkyl halides is 1. The second-order valence-electron chi connectivity index (χ2n) is 3.32. The van der Waals surface area contributed by atoms with Gasteiger partial charge in [0.15, 0.2) is 0 Å². The molecule has 1 aromatic rings. The topological polar surface area (TPSA) is 58.9 Å². The number of carbonyl (C=O) groups is 1. The van der Waals surface area contributed by atoms with E-state index in [1.165, 1.54) is 12.1 Å². The fraction of sp³-hybridized carbons (Fsp3) is 0.0909. The Labute approximate surface area is 107 Å². The van der Waals surface area contributed by atoms with Crippen molar-refractivity contribution in [1.82, 2.24) is 0 Å². The lowest BCUT2D eigenvalue weighted by Crippen LogP contribution is -2.06. The van der Waals surface area contributed by atoms with Crippen LogP contribution in [0, 0.1) is 0 Å². The lowest BCUT2D eigenvalue weighted by Gasteiger charge is -1.99. The summed E-state index contributed by atoms with van der Waals surface area (Å²) in [4.78, 5) is 15.9. The standard InChI is InChI=1S/C11H7Cl2NO3/c12-5-9-7(11(16)17-14-9)3-6-1-2-10(15)8(13)4-6/h1-4,15H,5H2. The van der Waals surface area contributed by atoms with Gasteiger partial charge in [0.05, 0.1) is 16.5 Å². The Balaban J connectivity index is 2.38. The number of hydrogen-bond donors (Lipinski definition) is 1. The predicted molar refractivity (Wildman–Crippen MR) is 65.3 cm³/mol. The summed E-state index contributed by atoms with van der Waals surface area (Å²) >= 11 is 11.4. The maximum Gasteiger partial charge on any atom is 0.367 e. The van der Waals surface area contributed by atoms with E-state index in [0.717, 1.165) is 0 Å². The van der Waals surface area contributed by atoms with Crippen LogP contribution in [0.25, 0.3) is 6.08 Å². The van der Waals surface area contributed by atoms with E-state index in [4.69, 9.17) is 23.2 Å². The van der Waals surface area contributed by atoms with Gasteiger partial charge in [-0.05, 0) is 23.8 Å². The summed E-state index contributed by atoms with van der Waals surface area (Å²) in [5, 5.41) is 13.0. The molecule has 0 radical (unpaired) electrons. The smallest absolute Gasteiger partial charge is 0.367 e. The van der Waals surface area contributed by atoms with Crippen molar-refractivity contribution in [3.63, 3.8) is 0 Å². The zero-order valence-electron chi connectivity index (χ0n) is 8.48. The number of oxime groups is 1. The largest absolute Gasteiger partial charge is 0.506 e. The number of halogens is 2. The molecular weight excluding hydrogens is 265 g/mol.